The van der Waals surface area contributed by atoms with Crippen molar-refractivity contribution < 1.29 is 32.7 Å². The van der Waals surface area contributed by atoms with Gasteiger partial charge in [-0.1, -0.05) is 19.9 Å². The zero-order chi connectivity index (χ0) is 23.4. The van der Waals surface area contributed by atoms with E-state index in [0.717, 1.165) is 18.4 Å². The van der Waals surface area contributed by atoms with Crippen LogP contribution in [0.3, 0.4) is 0 Å². The first-order valence-corrected chi connectivity index (χ1v) is 13.0. The lowest BCUT2D eigenvalue weighted by Gasteiger charge is -2.34. The third-order valence-electron chi connectivity index (χ3n) is 4.98. The molecule has 1 rings (SSSR count). The average Bonchev–Trinajstić information content (AvgIpc) is 2.74. The molecule has 31 heavy (non-hydrogen) atoms. The van der Waals surface area contributed by atoms with Crippen molar-refractivity contribution in [2.45, 2.75) is 59.4 Å². The number of benzene rings is 1. The zero-order valence-corrected chi connectivity index (χ0v) is 21.6. The van der Waals surface area contributed by atoms with Crippen LogP contribution in [0.2, 0.25) is 13.1 Å². The molecule has 0 fully saturated rings. The summed E-state index contributed by atoms with van der Waals surface area (Å²) >= 11 is 0. The van der Waals surface area contributed by atoms with Gasteiger partial charge >= 0.3 is 5.97 Å². The van der Waals surface area contributed by atoms with Gasteiger partial charge in [0, 0.05) is 11.5 Å². The second kappa shape index (κ2) is 13.7. The molecule has 0 aliphatic carbocycles. The molecule has 0 aliphatic rings. The Morgan fingerprint density at radius 3 is 2.26 bits per heavy atom. The maximum Gasteiger partial charge on any atom is 0.316 e. The van der Waals surface area contributed by atoms with Crippen molar-refractivity contribution in [2.75, 3.05) is 20.8 Å². The summed E-state index contributed by atoms with van der Waals surface area (Å²) in [5.74, 6) is -0.392. The number of hydrogen-bond donors (Lipinski definition) is 0. The van der Waals surface area contributed by atoms with Crippen molar-refractivity contribution in [3.05, 3.63) is 23.8 Å². The SMILES string of the molecule is COC(=O)C(Cc1ccc(OCCCC(C)(C)C(O[Si]C)O[Si]C)cc1OC)C(C)=O. The number of ether oxygens (including phenoxy) is 3. The monoisotopic (exact) mass is 466 g/mol. The van der Waals surface area contributed by atoms with Crippen LogP contribution in [0.15, 0.2) is 18.2 Å². The van der Waals surface area contributed by atoms with E-state index in [1.165, 1.54) is 14.0 Å². The van der Waals surface area contributed by atoms with Gasteiger partial charge in [-0.2, -0.15) is 0 Å². The molecular weight excluding hydrogens is 432 g/mol. The van der Waals surface area contributed by atoms with E-state index in [2.05, 4.69) is 13.8 Å². The Kier molecular flexibility index (Phi) is 12.1. The number of carbonyl (C=O) groups excluding carboxylic acids is 2. The predicted molar refractivity (Wildman–Crippen MR) is 121 cm³/mol. The molecule has 0 amide bonds. The molecule has 0 aliphatic heterocycles. The number of hydrogen-bond acceptors (Lipinski definition) is 7. The minimum atomic E-state index is -0.849. The number of esters is 1. The lowest BCUT2D eigenvalue weighted by molar-refractivity contribution is -0.148. The highest BCUT2D eigenvalue weighted by molar-refractivity contribution is 6.26. The first kappa shape index (κ1) is 27.3. The highest BCUT2D eigenvalue weighted by Gasteiger charge is 2.30. The molecule has 0 bridgehead atoms. The Hall–Kier alpha value is -1.69. The number of carbonyl (C=O) groups is 2. The molecular formula is C22H34O7Si2. The topological polar surface area (TPSA) is 80.3 Å². The summed E-state index contributed by atoms with van der Waals surface area (Å²) in [6, 6.07) is 5.42. The number of Topliss-reactive ketones (excluding diaryl/α,β-unsaturated/α-hetero) is 1. The maximum atomic E-state index is 11.9. The zero-order valence-electron chi connectivity index (χ0n) is 19.6. The second-order valence-electron chi connectivity index (χ2n) is 7.78. The van der Waals surface area contributed by atoms with Crippen molar-refractivity contribution in [2.24, 2.45) is 11.3 Å². The van der Waals surface area contributed by atoms with Crippen molar-refractivity contribution in [1.29, 1.82) is 0 Å². The molecule has 9 heteroatoms. The normalized spacial score (nSPS) is 12.5. The summed E-state index contributed by atoms with van der Waals surface area (Å²) in [4.78, 5) is 23.7. The van der Waals surface area contributed by atoms with Crippen LogP contribution >= 0.6 is 0 Å². The minimum absolute atomic E-state index is 0.119. The van der Waals surface area contributed by atoms with Crippen LogP contribution in [0.5, 0.6) is 11.5 Å². The van der Waals surface area contributed by atoms with Gasteiger partial charge in [0.1, 0.15) is 29.5 Å². The Morgan fingerprint density at radius 1 is 1.10 bits per heavy atom. The largest absolute Gasteiger partial charge is 0.496 e. The first-order valence-electron chi connectivity index (χ1n) is 10.2. The number of ketones is 1. The van der Waals surface area contributed by atoms with Gasteiger partial charge in [0.2, 0.25) is 19.5 Å². The van der Waals surface area contributed by atoms with Crippen LogP contribution in [0.4, 0.5) is 0 Å². The first-order chi connectivity index (χ1) is 14.7. The third-order valence-corrected chi connectivity index (χ3v) is 5.88. The fourth-order valence-corrected chi connectivity index (χ4v) is 4.39. The smallest absolute Gasteiger partial charge is 0.316 e. The van der Waals surface area contributed by atoms with Crippen molar-refractivity contribution in [1.82, 2.24) is 0 Å². The number of rotatable bonds is 15. The summed E-state index contributed by atoms with van der Waals surface area (Å²) in [5, 5.41) is 0. The van der Waals surface area contributed by atoms with Gasteiger partial charge in [-0.3, -0.25) is 9.59 Å². The van der Waals surface area contributed by atoms with E-state index in [-0.39, 0.29) is 23.9 Å². The summed E-state index contributed by atoms with van der Waals surface area (Å²) in [6.45, 7) is 10.2. The lowest BCUT2D eigenvalue weighted by Crippen LogP contribution is -2.36. The van der Waals surface area contributed by atoms with Gasteiger partial charge in [-0.15, -0.1) is 0 Å². The van der Waals surface area contributed by atoms with Gasteiger partial charge in [-0.05, 0) is 50.9 Å². The van der Waals surface area contributed by atoms with E-state index in [4.69, 9.17) is 23.1 Å². The molecule has 0 saturated carbocycles. The molecule has 0 aromatic heterocycles. The van der Waals surface area contributed by atoms with Crippen molar-refractivity contribution >= 4 is 31.3 Å². The second-order valence-corrected chi connectivity index (χ2v) is 9.07. The van der Waals surface area contributed by atoms with E-state index in [0.29, 0.717) is 37.6 Å². The van der Waals surface area contributed by atoms with Crippen LogP contribution in [-0.2, 0) is 29.6 Å². The van der Waals surface area contributed by atoms with E-state index >= 15 is 0 Å². The van der Waals surface area contributed by atoms with Gasteiger partial charge in [0.15, 0.2) is 0 Å². The molecule has 0 heterocycles. The Balaban J connectivity index is 2.71. The van der Waals surface area contributed by atoms with Gasteiger partial charge < -0.3 is 23.1 Å². The van der Waals surface area contributed by atoms with E-state index in [1.54, 1.807) is 13.2 Å². The fraction of sp³-hybridized carbons (Fsp3) is 0.636. The lowest BCUT2D eigenvalue weighted by atomic mass is 9.87. The van der Waals surface area contributed by atoms with E-state index in [1.807, 2.05) is 25.2 Å². The summed E-state index contributed by atoms with van der Waals surface area (Å²) in [5.41, 5.74) is 0.631. The Bertz CT molecular complexity index is 703. The molecule has 0 N–H and O–H groups in total. The highest BCUT2D eigenvalue weighted by Crippen LogP contribution is 2.31. The molecule has 4 radical (unpaired) electrons. The molecule has 0 saturated heterocycles. The van der Waals surface area contributed by atoms with Crippen LogP contribution < -0.4 is 9.47 Å². The highest BCUT2D eigenvalue weighted by atomic mass is 28.2. The average molecular weight is 467 g/mol. The van der Waals surface area contributed by atoms with Crippen molar-refractivity contribution in [3.8, 4) is 11.5 Å². The third kappa shape index (κ3) is 8.76. The van der Waals surface area contributed by atoms with Gasteiger partial charge in [0.25, 0.3) is 0 Å². The quantitative estimate of drug-likeness (QED) is 0.129. The fourth-order valence-electron chi connectivity index (χ4n) is 3.13. The van der Waals surface area contributed by atoms with E-state index < -0.39 is 11.9 Å². The molecule has 1 atom stereocenters. The van der Waals surface area contributed by atoms with E-state index in [9.17, 15) is 9.59 Å². The van der Waals surface area contributed by atoms with Gasteiger partial charge in [0.05, 0.1) is 20.8 Å². The molecule has 1 unspecified atom stereocenters. The standard InChI is InChI=1S/C22H34O7Si2/c1-15(23)18(20(24)26-5)13-16-9-10-17(14-19(16)25-4)27-12-8-11-22(2,3)21(28-30-6)29-31-7/h9-10,14,18,21H,8,11-13H2,1-7H3. The number of methoxy groups -OCH3 is 2. The molecule has 0 spiro atoms. The van der Waals surface area contributed by atoms with Crippen LogP contribution in [0.1, 0.15) is 39.2 Å². The molecule has 1 aromatic rings. The summed E-state index contributed by atoms with van der Waals surface area (Å²) < 4.78 is 27.6. The Morgan fingerprint density at radius 2 is 1.74 bits per heavy atom. The maximum absolute atomic E-state index is 11.9. The van der Waals surface area contributed by atoms with Crippen molar-refractivity contribution in [3.63, 3.8) is 0 Å². The van der Waals surface area contributed by atoms with Gasteiger partial charge in [-0.25, -0.2) is 0 Å². The predicted octanol–water partition coefficient (Wildman–Crippen LogP) is 3.50. The minimum Gasteiger partial charge on any atom is -0.496 e. The van der Waals surface area contributed by atoms with Crippen LogP contribution in [0.25, 0.3) is 0 Å². The molecule has 1 aromatic carbocycles. The Labute approximate surface area is 191 Å². The molecule has 172 valence electrons. The summed E-state index contributed by atoms with van der Waals surface area (Å²) in [6.07, 6.45) is 1.73. The summed E-state index contributed by atoms with van der Waals surface area (Å²) in [7, 11) is 3.59. The van der Waals surface area contributed by atoms with Crippen LogP contribution in [0, 0.1) is 11.3 Å². The van der Waals surface area contributed by atoms with Crippen LogP contribution in [-0.4, -0.2) is 58.4 Å². The molecule has 7 nitrogen and oxygen atoms in total.